The van der Waals surface area contributed by atoms with Gasteiger partial charge in [-0.05, 0) is 73.5 Å². The van der Waals surface area contributed by atoms with Crippen LogP contribution in [0.3, 0.4) is 0 Å². The first-order valence-electron chi connectivity index (χ1n) is 17.2. The molecule has 7 aromatic carbocycles. The average molecular weight is 653 g/mol. The molecule has 0 atom stereocenters. The van der Waals surface area contributed by atoms with Gasteiger partial charge in [0.1, 0.15) is 0 Å². The minimum atomic E-state index is -0.133. The van der Waals surface area contributed by atoms with Gasteiger partial charge in [0.2, 0.25) is 0 Å². The Labute approximate surface area is 297 Å². The Bertz CT molecular complexity index is 2640. The summed E-state index contributed by atoms with van der Waals surface area (Å²) in [7, 11) is 0. The van der Waals surface area contributed by atoms with Gasteiger partial charge in [-0.2, -0.15) is 5.26 Å². The highest BCUT2D eigenvalue weighted by molar-refractivity contribution is 5.95. The van der Waals surface area contributed by atoms with E-state index in [0.29, 0.717) is 23.0 Å². The summed E-state index contributed by atoms with van der Waals surface area (Å²) in [5.41, 5.74) is 13.0. The van der Waals surface area contributed by atoms with E-state index < -0.39 is 0 Å². The summed E-state index contributed by atoms with van der Waals surface area (Å²) in [6.07, 6.45) is 0. The summed E-state index contributed by atoms with van der Waals surface area (Å²) < 4.78 is 0. The van der Waals surface area contributed by atoms with E-state index in [4.69, 9.17) is 15.0 Å². The Balaban J connectivity index is 1.03. The topological polar surface area (TPSA) is 62.5 Å². The van der Waals surface area contributed by atoms with E-state index in [1.54, 1.807) is 0 Å². The van der Waals surface area contributed by atoms with Gasteiger partial charge in [0.25, 0.3) is 0 Å². The number of fused-ring (bicyclic) bond motifs is 4. The Kier molecular flexibility index (Phi) is 7.15. The zero-order chi connectivity index (χ0) is 34.5. The van der Waals surface area contributed by atoms with Gasteiger partial charge in [-0.1, -0.05) is 153 Å². The normalized spacial score (nSPS) is 12.6. The number of rotatable bonds is 5. The van der Waals surface area contributed by atoms with Gasteiger partial charge in [0.05, 0.1) is 11.6 Å². The minimum Gasteiger partial charge on any atom is -0.208 e. The molecule has 4 nitrogen and oxygen atoms in total. The number of benzene rings is 7. The van der Waals surface area contributed by atoms with Crippen LogP contribution in [0.1, 0.15) is 30.5 Å². The summed E-state index contributed by atoms with van der Waals surface area (Å²) >= 11 is 0. The van der Waals surface area contributed by atoms with Crippen molar-refractivity contribution in [1.29, 1.82) is 5.26 Å². The van der Waals surface area contributed by atoms with Crippen LogP contribution in [0.4, 0.5) is 0 Å². The highest BCUT2D eigenvalue weighted by Gasteiger charge is 2.35. The van der Waals surface area contributed by atoms with Crippen molar-refractivity contribution in [3.63, 3.8) is 0 Å². The van der Waals surface area contributed by atoms with Crippen molar-refractivity contribution in [3.8, 4) is 73.6 Å². The van der Waals surface area contributed by atoms with Gasteiger partial charge < -0.3 is 0 Å². The molecule has 1 aliphatic rings. The first-order chi connectivity index (χ1) is 25.0. The summed E-state index contributed by atoms with van der Waals surface area (Å²) in [6.45, 7) is 4.54. The molecule has 0 N–H and O–H groups in total. The lowest BCUT2D eigenvalue weighted by molar-refractivity contribution is 0.660. The smallest absolute Gasteiger partial charge is 0.164 e. The number of nitriles is 1. The zero-order valence-corrected chi connectivity index (χ0v) is 28.3. The van der Waals surface area contributed by atoms with Gasteiger partial charge in [0.15, 0.2) is 17.5 Å². The number of aromatic nitrogens is 3. The van der Waals surface area contributed by atoms with Gasteiger partial charge in [0, 0.05) is 22.1 Å². The third kappa shape index (κ3) is 5.28. The Morgan fingerprint density at radius 2 is 1.00 bits per heavy atom. The highest BCUT2D eigenvalue weighted by atomic mass is 15.0. The van der Waals surface area contributed by atoms with Crippen molar-refractivity contribution < 1.29 is 0 Å². The molecule has 0 amide bonds. The van der Waals surface area contributed by atoms with Crippen molar-refractivity contribution in [2.75, 3.05) is 0 Å². The highest BCUT2D eigenvalue weighted by Crippen LogP contribution is 2.50. The van der Waals surface area contributed by atoms with E-state index in [9.17, 15) is 5.26 Å². The van der Waals surface area contributed by atoms with Crippen LogP contribution < -0.4 is 0 Å². The van der Waals surface area contributed by atoms with Gasteiger partial charge >= 0.3 is 0 Å². The molecule has 1 aliphatic carbocycles. The third-order valence-electron chi connectivity index (χ3n) is 10.2. The fourth-order valence-electron chi connectivity index (χ4n) is 7.43. The largest absolute Gasteiger partial charge is 0.208 e. The van der Waals surface area contributed by atoms with Gasteiger partial charge in [-0.25, -0.2) is 15.0 Å². The second-order valence-electron chi connectivity index (χ2n) is 13.6. The summed E-state index contributed by atoms with van der Waals surface area (Å²) in [5.74, 6) is 1.94. The molecular formula is C47H32N4. The molecule has 1 heterocycles. The molecule has 8 aromatic rings. The number of hydrogen-bond acceptors (Lipinski definition) is 4. The maximum atomic E-state index is 9.48. The third-order valence-corrected chi connectivity index (χ3v) is 10.2. The molecule has 240 valence electrons. The molecule has 0 saturated carbocycles. The van der Waals surface area contributed by atoms with E-state index >= 15 is 0 Å². The quantitative estimate of drug-likeness (QED) is 0.186. The van der Waals surface area contributed by atoms with Crippen molar-refractivity contribution in [2.45, 2.75) is 19.3 Å². The average Bonchev–Trinajstić information content (AvgIpc) is 3.42. The van der Waals surface area contributed by atoms with E-state index in [-0.39, 0.29) is 5.41 Å². The van der Waals surface area contributed by atoms with E-state index in [1.165, 1.54) is 27.8 Å². The van der Waals surface area contributed by atoms with Crippen molar-refractivity contribution in [3.05, 3.63) is 174 Å². The summed E-state index contributed by atoms with van der Waals surface area (Å²) in [5, 5.41) is 11.7. The van der Waals surface area contributed by atoms with E-state index in [1.807, 2.05) is 42.5 Å². The molecule has 1 aromatic heterocycles. The van der Waals surface area contributed by atoms with E-state index in [2.05, 4.69) is 135 Å². The maximum Gasteiger partial charge on any atom is 0.164 e. The standard InChI is InChI=1S/C47H32N4/c1-47(2)42-26-15-30(29-48)27-41(42)39-25-24-37(28-43(39)47)33-18-16-31(17-19-33)32-20-22-36(23-21-32)45-49-44(35-10-4-3-5-11-35)50-46(51-45)40-14-8-12-34-9-6-7-13-38(34)40/h3-28H,1-2H3. The number of hydrogen-bond donors (Lipinski definition) is 0. The van der Waals surface area contributed by atoms with Crippen molar-refractivity contribution in [1.82, 2.24) is 15.0 Å². The Hall–Kier alpha value is -6.70. The molecular weight excluding hydrogens is 621 g/mol. The van der Waals surface area contributed by atoms with Crippen molar-refractivity contribution in [2.24, 2.45) is 0 Å². The van der Waals surface area contributed by atoms with Gasteiger partial charge in [-0.15, -0.1) is 0 Å². The Morgan fingerprint density at radius 1 is 0.431 bits per heavy atom. The second kappa shape index (κ2) is 12.0. The molecule has 0 spiro atoms. The zero-order valence-electron chi connectivity index (χ0n) is 28.3. The lowest BCUT2D eigenvalue weighted by atomic mass is 9.81. The second-order valence-corrected chi connectivity index (χ2v) is 13.6. The van der Waals surface area contributed by atoms with Crippen LogP contribution in [-0.2, 0) is 5.41 Å². The molecule has 9 rings (SSSR count). The molecule has 0 aliphatic heterocycles. The molecule has 0 unspecified atom stereocenters. The molecule has 0 radical (unpaired) electrons. The lowest BCUT2D eigenvalue weighted by Gasteiger charge is -2.22. The molecule has 0 bridgehead atoms. The van der Waals surface area contributed by atoms with Crippen LogP contribution in [-0.4, -0.2) is 15.0 Å². The van der Waals surface area contributed by atoms with Crippen LogP contribution >= 0.6 is 0 Å². The first kappa shape index (κ1) is 30.4. The fraction of sp³-hybridized carbons (Fsp3) is 0.0638. The fourth-order valence-corrected chi connectivity index (χ4v) is 7.43. The molecule has 0 saturated heterocycles. The Morgan fingerprint density at radius 3 is 1.71 bits per heavy atom. The molecule has 51 heavy (non-hydrogen) atoms. The molecule has 0 fully saturated rings. The number of nitrogens with zero attached hydrogens (tertiary/aromatic N) is 4. The van der Waals surface area contributed by atoms with Crippen LogP contribution in [0, 0.1) is 11.3 Å². The van der Waals surface area contributed by atoms with Gasteiger partial charge in [-0.3, -0.25) is 0 Å². The summed E-state index contributed by atoms with van der Waals surface area (Å²) in [4.78, 5) is 14.9. The minimum absolute atomic E-state index is 0.133. The predicted octanol–water partition coefficient (Wildman–Crippen LogP) is 11.5. The van der Waals surface area contributed by atoms with Crippen LogP contribution in [0.15, 0.2) is 158 Å². The van der Waals surface area contributed by atoms with E-state index in [0.717, 1.165) is 44.2 Å². The van der Waals surface area contributed by atoms with Crippen LogP contribution in [0.2, 0.25) is 0 Å². The predicted molar refractivity (Wildman–Crippen MR) is 207 cm³/mol. The van der Waals surface area contributed by atoms with Crippen LogP contribution in [0.25, 0.3) is 78.3 Å². The maximum absolute atomic E-state index is 9.48. The monoisotopic (exact) mass is 652 g/mol. The molecule has 4 heteroatoms. The van der Waals surface area contributed by atoms with Crippen molar-refractivity contribution >= 4 is 10.8 Å². The first-order valence-corrected chi connectivity index (χ1v) is 17.2. The summed E-state index contributed by atoms with van der Waals surface area (Å²) in [6, 6.07) is 57.0. The lowest BCUT2D eigenvalue weighted by Crippen LogP contribution is -2.15. The van der Waals surface area contributed by atoms with Crippen LogP contribution in [0.5, 0.6) is 0 Å². The SMILES string of the molecule is CC1(C)c2ccc(C#N)cc2-c2ccc(-c3ccc(-c4ccc(-c5nc(-c6ccccc6)nc(-c6cccc7ccccc67)n5)cc4)cc3)cc21.